The van der Waals surface area contributed by atoms with Gasteiger partial charge in [-0.2, -0.15) is 0 Å². The maximum Gasteiger partial charge on any atom is 0.176 e. The SMILES string of the molecule is N[C@H]1[C@@H](OC2[C@@H](O)[C@H](O)C(O)[C@@H](O)[C@H]2O)O[C@H](CO)[C@@H](O)[C@@H]1O. The van der Waals surface area contributed by atoms with Gasteiger partial charge in [0.1, 0.15) is 54.9 Å². The highest BCUT2D eigenvalue weighted by Crippen LogP contribution is 2.28. The van der Waals surface area contributed by atoms with Gasteiger partial charge in [-0.3, -0.25) is 0 Å². The summed E-state index contributed by atoms with van der Waals surface area (Å²) in [5.74, 6) is 0. The Morgan fingerprint density at radius 2 is 1.22 bits per heavy atom. The zero-order valence-electron chi connectivity index (χ0n) is 12.0. The first-order valence-corrected chi connectivity index (χ1v) is 7.14. The third kappa shape index (κ3) is 3.36. The molecule has 136 valence electrons. The zero-order chi connectivity index (χ0) is 17.5. The molecule has 11 heteroatoms. The lowest BCUT2D eigenvalue weighted by Crippen LogP contribution is -2.68. The summed E-state index contributed by atoms with van der Waals surface area (Å²) in [5, 5.41) is 77.1. The van der Waals surface area contributed by atoms with Crippen LogP contribution in [0.1, 0.15) is 0 Å². The van der Waals surface area contributed by atoms with Crippen LogP contribution in [0.2, 0.25) is 0 Å². The molecular formula is C12H23NO10. The Balaban J connectivity index is 2.13. The van der Waals surface area contributed by atoms with E-state index in [4.69, 9.17) is 20.3 Å². The fraction of sp³-hybridized carbons (Fsp3) is 1.00. The van der Waals surface area contributed by atoms with Crippen LogP contribution in [0.25, 0.3) is 0 Å². The van der Waals surface area contributed by atoms with Crippen LogP contribution in [0.5, 0.6) is 0 Å². The van der Waals surface area contributed by atoms with Gasteiger partial charge in [0.25, 0.3) is 0 Å². The molecule has 1 saturated heterocycles. The largest absolute Gasteiger partial charge is 0.394 e. The van der Waals surface area contributed by atoms with Crippen LogP contribution in [0.15, 0.2) is 0 Å². The van der Waals surface area contributed by atoms with Crippen LogP contribution in [0.3, 0.4) is 0 Å². The Morgan fingerprint density at radius 3 is 1.70 bits per heavy atom. The molecule has 11 nitrogen and oxygen atoms in total. The molecule has 1 heterocycles. The van der Waals surface area contributed by atoms with E-state index >= 15 is 0 Å². The molecule has 0 amide bonds. The molecule has 23 heavy (non-hydrogen) atoms. The second-order valence-corrected chi connectivity index (χ2v) is 5.84. The first kappa shape index (κ1) is 18.9. The highest BCUT2D eigenvalue weighted by molar-refractivity contribution is 5.00. The first-order chi connectivity index (χ1) is 10.7. The van der Waals surface area contributed by atoms with Gasteiger partial charge in [0.05, 0.1) is 12.6 Å². The quantitative estimate of drug-likeness (QED) is 0.236. The van der Waals surface area contributed by atoms with Gasteiger partial charge in [0, 0.05) is 0 Å². The number of aliphatic hydroxyl groups excluding tert-OH is 8. The summed E-state index contributed by atoms with van der Waals surface area (Å²) in [4.78, 5) is 0. The van der Waals surface area contributed by atoms with E-state index in [9.17, 15) is 35.7 Å². The van der Waals surface area contributed by atoms with E-state index in [1.54, 1.807) is 0 Å². The number of rotatable bonds is 3. The predicted molar refractivity (Wildman–Crippen MR) is 70.6 cm³/mol. The minimum absolute atomic E-state index is 0.648. The fourth-order valence-corrected chi connectivity index (χ4v) is 2.74. The van der Waals surface area contributed by atoms with E-state index in [1.807, 2.05) is 0 Å². The van der Waals surface area contributed by atoms with Crippen molar-refractivity contribution in [2.75, 3.05) is 6.61 Å². The number of hydrogen-bond donors (Lipinski definition) is 9. The highest BCUT2D eigenvalue weighted by atomic mass is 16.7. The highest BCUT2D eigenvalue weighted by Gasteiger charge is 2.52. The van der Waals surface area contributed by atoms with Gasteiger partial charge < -0.3 is 56.1 Å². The van der Waals surface area contributed by atoms with Gasteiger partial charge >= 0.3 is 0 Å². The summed E-state index contributed by atoms with van der Waals surface area (Å²) < 4.78 is 10.4. The molecule has 1 aliphatic carbocycles. The predicted octanol–water partition coefficient (Wildman–Crippen LogP) is -6.04. The Hall–Kier alpha value is -0.440. The average Bonchev–Trinajstić information content (AvgIpc) is 2.54. The van der Waals surface area contributed by atoms with Crippen LogP contribution in [0, 0.1) is 0 Å². The van der Waals surface area contributed by atoms with Crippen LogP contribution in [-0.4, -0.2) is 115 Å². The van der Waals surface area contributed by atoms with Crippen molar-refractivity contribution in [1.29, 1.82) is 0 Å². The minimum Gasteiger partial charge on any atom is -0.394 e. The van der Waals surface area contributed by atoms with Crippen molar-refractivity contribution in [2.24, 2.45) is 5.73 Å². The van der Waals surface area contributed by atoms with Gasteiger partial charge in [-0.15, -0.1) is 0 Å². The summed E-state index contributed by atoms with van der Waals surface area (Å²) in [6.45, 7) is -0.648. The van der Waals surface area contributed by atoms with Crippen molar-refractivity contribution >= 4 is 0 Å². The zero-order valence-corrected chi connectivity index (χ0v) is 12.0. The lowest BCUT2D eigenvalue weighted by atomic mass is 9.84. The van der Waals surface area contributed by atoms with E-state index in [1.165, 1.54) is 0 Å². The Kier molecular flexibility index (Phi) is 5.92. The number of aliphatic hydroxyl groups is 8. The standard InChI is InChI=1S/C12H23NO10/c13-3-5(16)4(15)2(1-14)22-12(3)23-11-9(20)7(18)6(17)8(19)10(11)21/h2-12,14-21H,1,13H2/t2-,3-,4-,5-,6?,7-,8-,9-,10+,11?,12-/m1/s1. The molecule has 10 N–H and O–H groups in total. The second-order valence-electron chi connectivity index (χ2n) is 5.84. The van der Waals surface area contributed by atoms with Crippen molar-refractivity contribution in [3.05, 3.63) is 0 Å². The molecule has 0 aromatic heterocycles. The molecule has 2 fully saturated rings. The van der Waals surface area contributed by atoms with Crippen LogP contribution in [0.4, 0.5) is 0 Å². The van der Waals surface area contributed by atoms with Crippen molar-refractivity contribution in [3.8, 4) is 0 Å². The number of nitrogens with two attached hydrogens (primary N) is 1. The molecule has 1 aliphatic heterocycles. The maximum atomic E-state index is 9.89. The van der Waals surface area contributed by atoms with Gasteiger partial charge in [0.2, 0.25) is 0 Å². The summed E-state index contributed by atoms with van der Waals surface area (Å²) in [7, 11) is 0. The van der Waals surface area contributed by atoms with Gasteiger partial charge in [0.15, 0.2) is 6.29 Å². The van der Waals surface area contributed by atoms with Crippen LogP contribution >= 0.6 is 0 Å². The monoisotopic (exact) mass is 341 g/mol. The van der Waals surface area contributed by atoms with Crippen molar-refractivity contribution in [2.45, 2.75) is 67.3 Å². The Bertz CT molecular complexity index is 382. The number of hydrogen-bond acceptors (Lipinski definition) is 11. The molecule has 0 bridgehead atoms. The lowest BCUT2D eigenvalue weighted by molar-refractivity contribution is -0.316. The molecule has 2 aliphatic rings. The minimum atomic E-state index is -1.79. The van der Waals surface area contributed by atoms with E-state index in [-0.39, 0.29) is 0 Å². The maximum absolute atomic E-state index is 9.89. The first-order valence-electron chi connectivity index (χ1n) is 7.14. The molecule has 0 aromatic rings. The van der Waals surface area contributed by atoms with Gasteiger partial charge in [-0.1, -0.05) is 0 Å². The fourth-order valence-electron chi connectivity index (χ4n) is 2.74. The second kappa shape index (κ2) is 7.21. The van der Waals surface area contributed by atoms with E-state index in [0.29, 0.717) is 0 Å². The van der Waals surface area contributed by atoms with Crippen molar-refractivity contribution in [3.63, 3.8) is 0 Å². The molecule has 11 atom stereocenters. The molecule has 0 aromatic carbocycles. The van der Waals surface area contributed by atoms with Crippen LogP contribution in [-0.2, 0) is 9.47 Å². The average molecular weight is 341 g/mol. The smallest absolute Gasteiger partial charge is 0.176 e. The van der Waals surface area contributed by atoms with E-state index < -0.39 is 73.9 Å². The van der Waals surface area contributed by atoms with Gasteiger partial charge in [-0.25, -0.2) is 0 Å². The Labute approximate surface area is 131 Å². The molecule has 1 saturated carbocycles. The van der Waals surface area contributed by atoms with Crippen molar-refractivity contribution in [1.82, 2.24) is 0 Å². The number of ether oxygens (including phenoxy) is 2. The summed E-state index contributed by atoms with van der Waals surface area (Å²) >= 11 is 0. The lowest BCUT2D eigenvalue weighted by Gasteiger charge is -2.46. The third-order valence-corrected chi connectivity index (χ3v) is 4.29. The topological polar surface area (TPSA) is 206 Å². The molecular weight excluding hydrogens is 318 g/mol. The molecule has 0 radical (unpaired) electrons. The molecule has 2 unspecified atom stereocenters. The summed E-state index contributed by atoms with van der Waals surface area (Å²) in [5.41, 5.74) is 5.66. The summed E-state index contributed by atoms with van der Waals surface area (Å²) in [6.07, 6.45) is -16.1. The van der Waals surface area contributed by atoms with Crippen LogP contribution < -0.4 is 5.73 Å². The normalized spacial score (nSPS) is 54.9. The van der Waals surface area contributed by atoms with E-state index in [0.717, 1.165) is 0 Å². The van der Waals surface area contributed by atoms with Gasteiger partial charge in [-0.05, 0) is 0 Å². The summed E-state index contributed by atoms with van der Waals surface area (Å²) in [6, 6.07) is -1.28. The van der Waals surface area contributed by atoms with Crippen molar-refractivity contribution < 1.29 is 50.3 Å². The third-order valence-electron chi connectivity index (χ3n) is 4.29. The molecule has 0 spiro atoms. The Morgan fingerprint density at radius 1 is 0.739 bits per heavy atom. The molecule has 2 rings (SSSR count). The van der Waals surface area contributed by atoms with E-state index in [2.05, 4.69) is 0 Å².